The van der Waals surface area contributed by atoms with Crippen LogP contribution in [0.2, 0.25) is 0 Å². The first-order valence-corrected chi connectivity index (χ1v) is 8.54. The zero-order chi connectivity index (χ0) is 16.6. The van der Waals surface area contributed by atoms with Crippen LogP contribution < -0.4 is 4.72 Å². The molecule has 0 saturated heterocycles. The fraction of sp³-hybridized carbons (Fsp3) is 0.118. The average Bonchev–Trinajstić information content (AvgIpc) is 2.88. The molecule has 1 N–H and O–H groups in total. The van der Waals surface area contributed by atoms with Gasteiger partial charge in [-0.05, 0) is 43.3 Å². The minimum atomic E-state index is -3.69. The van der Waals surface area contributed by atoms with Crippen LogP contribution in [-0.2, 0) is 17.1 Å². The summed E-state index contributed by atoms with van der Waals surface area (Å²) in [6.07, 6.45) is 1.92. The summed E-state index contributed by atoms with van der Waals surface area (Å²) in [5.41, 5.74) is 2.01. The fourth-order valence-electron chi connectivity index (χ4n) is 2.43. The van der Waals surface area contributed by atoms with Crippen molar-refractivity contribution in [2.24, 2.45) is 7.05 Å². The van der Waals surface area contributed by atoms with E-state index in [1.165, 1.54) is 31.2 Å². The van der Waals surface area contributed by atoms with Crippen LogP contribution in [0.1, 0.15) is 17.3 Å². The number of nitrogens with zero attached hydrogens (tertiary/aromatic N) is 1. The second-order valence-corrected chi connectivity index (χ2v) is 7.07. The van der Waals surface area contributed by atoms with Crippen LogP contribution in [0.3, 0.4) is 0 Å². The second-order valence-electron chi connectivity index (χ2n) is 5.39. The van der Waals surface area contributed by atoms with Gasteiger partial charge in [0.05, 0.1) is 4.90 Å². The Hall–Kier alpha value is -2.60. The summed E-state index contributed by atoms with van der Waals surface area (Å²) in [5.74, 6) is -0.101. The van der Waals surface area contributed by atoms with Gasteiger partial charge in [0, 0.05) is 35.4 Å². The average molecular weight is 328 g/mol. The van der Waals surface area contributed by atoms with E-state index >= 15 is 0 Å². The molecule has 23 heavy (non-hydrogen) atoms. The third-order valence-corrected chi connectivity index (χ3v) is 5.11. The Morgan fingerprint density at radius 1 is 1.04 bits per heavy atom. The molecule has 0 aliphatic heterocycles. The van der Waals surface area contributed by atoms with Gasteiger partial charge in [-0.15, -0.1) is 0 Å². The number of benzene rings is 2. The number of fused-ring (bicyclic) bond motifs is 1. The van der Waals surface area contributed by atoms with E-state index in [9.17, 15) is 13.2 Å². The van der Waals surface area contributed by atoms with Gasteiger partial charge in [-0.1, -0.05) is 12.1 Å². The number of nitrogens with one attached hydrogen (secondary N) is 1. The monoisotopic (exact) mass is 328 g/mol. The molecule has 0 aliphatic rings. The lowest BCUT2D eigenvalue weighted by Gasteiger charge is -2.09. The second kappa shape index (κ2) is 5.55. The lowest BCUT2D eigenvalue weighted by molar-refractivity contribution is 0.101. The molecule has 0 spiro atoms. The predicted octanol–water partition coefficient (Wildman–Crippen LogP) is 3.18. The summed E-state index contributed by atoms with van der Waals surface area (Å²) in [4.78, 5) is 11.4. The number of anilines is 1. The molecule has 5 nitrogen and oxygen atoms in total. The lowest BCUT2D eigenvalue weighted by atomic mass is 10.2. The molecule has 0 saturated carbocycles. The number of aromatic nitrogens is 1. The number of carbonyl (C=O) groups is 1. The zero-order valence-electron chi connectivity index (χ0n) is 12.8. The predicted molar refractivity (Wildman–Crippen MR) is 90.2 cm³/mol. The third-order valence-electron chi connectivity index (χ3n) is 3.71. The number of sulfonamides is 1. The van der Waals surface area contributed by atoms with Gasteiger partial charge in [0.1, 0.15) is 0 Å². The summed E-state index contributed by atoms with van der Waals surface area (Å²) >= 11 is 0. The number of ketones is 1. The molecular formula is C17H16N2O3S. The maximum Gasteiger partial charge on any atom is 0.261 e. The number of hydrogen-bond donors (Lipinski definition) is 1. The van der Waals surface area contributed by atoms with Crippen molar-refractivity contribution in [1.82, 2.24) is 4.57 Å². The van der Waals surface area contributed by atoms with Crippen molar-refractivity contribution < 1.29 is 13.2 Å². The van der Waals surface area contributed by atoms with E-state index < -0.39 is 10.0 Å². The van der Waals surface area contributed by atoms with Crippen molar-refractivity contribution in [1.29, 1.82) is 0 Å². The molecule has 2 aromatic carbocycles. The summed E-state index contributed by atoms with van der Waals surface area (Å²) in [6.45, 7) is 1.44. The normalized spacial score (nSPS) is 11.6. The maximum atomic E-state index is 12.4. The van der Waals surface area contributed by atoms with Crippen molar-refractivity contribution in [3.63, 3.8) is 0 Å². The molecule has 3 rings (SSSR count). The number of aryl methyl sites for hydroxylation is 1. The SMILES string of the molecule is CC(=O)c1ccc(S(=O)(=O)Nc2ccc3c(ccn3C)c2)cc1. The van der Waals surface area contributed by atoms with Crippen molar-refractivity contribution in [2.45, 2.75) is 11.8 Å². The van der Waals surface area contributed by atoms with Crippen LogP contribution in [-0.4, -0.2) is 18.8 Å². The molecule has 1 aromatic heterocycles. The Balaban J connectivity index is 1.91. The Morgan fingerprint density at radius 3 is 2.39 bits per heavy atom. The van der Waals surface area contributed by atoms with Gasteiger partial charge in [0.2, 0.25) is 0 Å². The molecule has 0 atom stereocenters. The number of rotatable bonds is 4. The van der Waals surface area contributed by atoms with Gasteiger partial charge >= 0.3 is 0 Å². The molecule has 3 aromatic rings. The Bertz CT molecular complexity index is 986. The van der Waals surface area contributed by atoms with E-state index in [1.54, 1.807) is 12.1 Å². The van der Waals surface area contributed by atoms with Crippen molar-refractivity contribution in [3.8, 4) is 0 Å². The summed E-state index contributed by atoms with van der Waals surface area (Å²) in [7, 11) is -1.75. The van der Waals surface area contributed by atoms with Crippen molar-refractivity contribution in [2.75, 3.05) is 4.72 Å². The van der Waals surface area contributed by atoms with Gasteiger partial charge in [-0.25, -0.2) is 8.42 Å². The highest BCUT2D eigenvalue weighted by atomic mass is 32.2. The summed E-state index contributed by atoms with van der Waals surface area (Å²) in [5, 5.41) is 0.958. The minimum Gasteiger partial charge on any atom is -0.351 e. The highest BCUT2D eigenvalue weighted by Gasteiger charge is 2.15. The third kappa shape index (κ3) is 2.98. The van der Waals surface area contributed by atoms with Crippen LogP contribution in [0, 0.1) is 0 Å². The highest BCUT2D eigenvalue weighted by Crippen LogP contribution is 2.22. The van der Waals surface area contributed by atoms with Crippen LogP contribution in [0.5, 0.6) is 0 Å². The highest BCUT2D eigenvalue weighted by molar-refractivity contribution is 7.92. The first-order chi connectivity index (χ1) is 10.9. The minimum absolute atomic E-state index is 0.101. The van der Waals surface area contributed by atoms with Crippen LogP contribution in [0.4, 0.5) is 5.69 Å². The Labute approximate surface area is 134 Å². The van der Waals surface area contributed by atoms with Gasteiger partial charge < -0.3 is 4.57 Å². The van der Waals surface area contributed by atoms with Crippen molar-refractivity contribution >= 4 is 32.4 Å². The number of Topliss-reactive ketones (excluding diaryl/α,β-unsaturated/α-hetero) is 1. The first-order valence-electron chi connectivity index (χ1n) is 7.06. The molecule has 118 valence electrons. The quantitative estimate of drug-likeness (QED) is 0.748. The van der Waals surface area contributed by atoms with Crippen LogP contribution in [0.25, 0.3) is 10.9 Å². The number of hydrogen-bond acceptors (Lipinski definition) is 3. The van der Waals surface area contributed by atoms with E-state index in [1.807, 2.05) is 29.9 Å². The first kappa shape index (κ1) is 15.3. The topological polar surface area (TPSA) is 68.2 Å². The van der Waals surface area contributed by atoms with E-state index in [4.69, 9.17) is 0 Å². The smallest absolute Gasteiger partial charge is 0.261 e. The molecule has 0 aliphatic carbocycles. The molecular weight excluding hydrogens is 312 g/mol. The van der Waals surface area contributed by atoms with Crippen molar-refractivity contribution in [3.05, 3.63) is 60.3 Å². The summed E-state index contributed by atoms with van der Waals surface area (Å²) in [6, 6.07) is 13.2. The van der Waals surface area contributed by atoms with Crippen LogP contribution in [0.15, 0.2) is 59.6 Å². The van der Waals surface area contributed by atoms with Gasteiger partial charge in [-0.2, -0.15) is 0 Å². The number of carbonyl (C=O) groups excluding carboxylic acids is 1. The fourth-order valence-corrected chi connectivity index (χ4v) is 3.48. The molecule has 6 heteroatoms. The van der Waals surface area contributed by atoms with E-state index in [-0.39, 0.29) is 10.7 Å². The van der Waals surface area contributed by atoms with Crippen LogP contribution >= 0.6 is 0 Å². The Morgan fingerprint density at radius 2 is 1.74 bits per heavy atom. The van der Waals surface area contributed by atoms with Gasteiger partial charge in [0.25, 0.3) is 10.0 Å². The van der Waals surface area contributed by atoms with Gasteiger partial charge in [0.15, 0.2) is 5.78 Å². The molecule has 0 bridgehead atoms. The Kier molecular flexibility index (Phi) is 3.69. The maximum absolute atomic E-state index is 12.4. The standard InChI is InChI=1S/C17H16N2O3S/c1-12(20)13-3-6-16(7-4-13)23(21,22)18-15-5-8-17-14(11-15)9-10-19(17)2/h3-11,18H,1-2H3. The lowest BCUT2D eigenvalue weighted by Crippen LogP contribution is -2.13. The van der Waals surface area contributed by atoms with E-state index in [0.717, 1.165) is 10.9 Å². The van der Waals surface area contributed by atoms with Gasteiger partial charge in [-0.3, -0.25) is 9.52 Å². The molecule has 0 radical (unpaired) electrons. The van der Waals surface area contributed by atoms with E-state index in [0.29, 0.717) is 11.3 Å². The molecule has 0 unspecified atom stereocenters. The molecule has 0 amide bonds. The van der Waals surface area contributed by atoms with E-state index in [2.05, 4.69) is 4.72 Å². The zero-order valence-corrected chi connectivity index (χ0v) is 13.6. The molecule has 0 fully saturated rings. The largest absolute Gasteiger partial charge is 0.351 e. The summed E-state index contributed by atoms with van der Waals surface area (Å²) < 4.78 is 29.4. The molecule has 1 heterocycles.